The maximum Gasteiger partial charge on any atom is 0.305 e. The Morgan fingerprint density at radius 2 is 0.893 bits per heavy atom. The third kappa shape index (κ3) is 40.2. The molecule has 0 rings (SSSR count). The van der Waals surface area contributed by atoms with Gasteiger partial charge in [0.15, 0.2) is 0 Å². The lowest BCUT2D eigenvalue weighted by Crippen LogP contribution is -2.43. The van der Waals surface area contributed by atoms with Gasteiger partial charge in [-0.1, -0.05) is 141 Å². The highest BCUT2D eigenvalue weighted by Gasteiger charge is 2.17. The van der Waals surface area contributed by atoms with Crippen LogP contribution in [0.4, 0.5) is 0 Å². The van der Waals surface area contributed by atoms with Crippen molar-refractivity contribution >= 4 is 29.3 Å². The van der Waals surface area contributed by atoms with Crippen LogP contribution in [0.1, 0.15) is 194 Å². The Morgan fingerprint density at radius 3 is 1.27 bits per heavy atom. The van der Waals surface area contributed by atoms with Crippen molar-refractivity contribution in [2.45, 2.75) is 200 Å². The molecule has 56 heavy (non-hydrogen) atoms. The summed E-state index contributed by atoms with van der Waals surface area (Å²) in [5, 5.41) is 21.6. The molecule has 10 heteroatoms. The summed E-state index contributed by atoms with van der Waals surface area (Å²) in [6.07, 6.45) is 41.2. The van der Waals surface area contributed by atoms with Crippen LogP contribution in [0.3, 0.4) is 0 Å². The van der Waals surface area contributed by atoms with Crippen molar-refractivity contribution in [3.8, 4) is 0 Å². The Balaban J connectivity index is 4.38. The van der Waals surface area contributed by atoms with E-state index in [-0.39, 0.29) is 50.1 Å². The van der Waals surface area contributed by atoms with E-state index >= 15 is 0 Å². The zero-order valence-corrected chi connectivity index (χ0v) is 37.0. The van der Waals surface area contributed by atoms with Gasteiger partial charge in [-0.05, 0) is 76.4 Å². The van der Waals surface area contributed by atoms with Crippen molar-refractivity contribution in [3.05, 3.63) is 24.3 Å². The molecule has 0 aliphatic rings. The Bertz CT molecular complexity index is 886. The molecule has 3 N–H and O–H groups in total. The lowest BCUT2D eigenvalue weighted by molar-refractivity contribution is -0.147. The first-order valence-electron chi connectivity index (χ1n) is 22.9. The van der Waals surface area contributed by atoms with Gasteiger partial charge in [-0.3, -0.25) is 14.5 Å². The van der Waals surface area contributed by atoms with Crippen LogP contribution in [-0.2, 0) is 23.8 Å². The molecular weight excluding hydrogens is 725 g/mol. The summed E-state index contributed by atoms with van der Waals surface area (Å²) >= 11 is 5.38. The van der Waals surface area contributed by atoms with Crippen LogP contribution in [0, 0.1) is 0 Å². The van der Waals surface area contributed by atoms with Crippen LogP contribution >= 0.6 is 12.2 Å². The molecule has 0 saturated carbocycles. The minimum absolute atomic E-state index is 0.00917. The molecule has 0 unspecified atom stereocenters. The highest BCUT2D eigenvalue weighted by Crippen LogP contribution is 2.12. The zero-order chi connectivity index (χ0) is 41.0. The van der Waals surface area contributed by atoms with Gasteiger partial charge in [0.25, 0.3) is 5.17 Å². The summed E-state index contributed by atoms with van der Waals surface area (Å²) in [6.45, 7) is 6.07. The van der Waals surface area contributed by atoms with Crippen molar-refractivity contribution < 1.29 is 34.0 Å². The summed E-state index contributed by atoms with van der Waals surface area (Å²) in [5.41, 5.74) is 0. The summed E-state index contributed by atoms with van der Waals surface area (Å²) < 4.78 is 16.8. The Hall–Kier alpha value is -2.01. The minimum atomic E-state index is -0.537. The fourth-order valence-corrected chi connectivity index (χ4v) is 6.69. The van der Waals surface area contributed by atoms with Crippen molar-refractivity contribution in [2.24, 2.45) is 0 Å². The Labute approximate surface area is 349 Å². The molecule has 0 amide bonds. The van der Waals surface area contributed by atoms with Crippen molar-refractivity contribution in [2.75, 3.05) is 52.7 Å². The average molecular weight is 811 g/mol. The van der Waals surface area contributed by atoms with Gasteiger partial charge in [-0.2, -0.15) is 0 Å². The van der Waals surface area contributed by atoms with E-state index in [1.54, 1.807) is 0 Å². The maximum absolute atomic E-state index is 12.6. The van der Waals surface area contributed by atoms with Crippen molar-refractivity contribution in [1.29, 1.82) is 0 Å². The second-order valence-corrected chi connectivity index (χ2v) is 15.7. The Morgan fingerprint density at radius 1 is 0.536 bits per heavy atom. The van der Waals surface area contributed by atoms with Crippen molar-refractivity contribution in [3.63, 3.8) is 0 Å². The SMILES string of the molecule is CCCCCCCC/C=C\CCCCCCCC(=O)OCC(COC(=O)CCCCCCC/C=C\CCCCCCCC)NC(=S)OCCN(CCO)CCO. The van der Waals surface area contributed by atoms with E-state index in [2.05, 4.69) is 43.5 Å². The molecule has 328 valence electrons. The predicted molar refractivity (Wildman–Crippen MR) is 237 cm³/mol. The number of allylic oxidation sites excluding steroid dienone is 4. The van der Waals surface area contributed by atoms with E-state index in [0.717, 1.165) is 51.4 Å². The summed E-state index contributed by atoms with van der Waals surface area (Å²) in [7, 11) is 0. The molecule has 0 fully saturated rings. The molecule has 0 aromatic heterocycles. The molecule has 0 radical (unpaired) electrons. The fourth-order valence-electron chi connectivity index (χ4n) is 6.44. The first-order valence-corrected chi connectivity index (χ1v) is 23.4. The predicted octanol–water partition coefficient (Wildman–Crippen LogP) is 10.7. The molecule has 0 aliphatic carbocycles. The second-order valence-electron chi connectivity index (χ2n) is 15.3. The molecule has 9 nitrogen and oxygen atoms in total. The van der Waals surface area contributed by atoms with E-state index in [0.29, 0.717) is 32.5 Å². The third-order valence-electron chi connectivity index (χ3n) is 9.97. The number of hydrogen-bond acceptors (Lipinski definition) is 9. The van der Waals surface area contributed by atoms with Crippen LogP contribution in [0.2, 0.25) is 0 Å². The minimum Gasteiger partial charge on any atom is -0.470 e. The van der Waals surface area contributed by atoms with Gasteiger partial charge in [0.2, 0.25) is 0 Å². The van der Waals surface area contributed by atoms with E-state index < -0.39 is 6.04 Å². The molecule has 0 aromatic carbocycles. The average Bonchev–Trinajstić information content (AvgIpc) is 3.19. The van der Waals surface area contributed by atoms with Gasteiger partial charge in [-0.25, -0.2) is 0 Å². The van der Waals surface area contributed by atoms with Crippen LogP contribution in [0.15, 0.2) is 24.3 Å². The number of aliphatic hydroxyl groups is 2. The van der Waals surface area contributed by atoms with Crippen LogP contribution < -0.4 is 5.32 Å². The highest BCUT2D eigenvalue weighted by molar-refractivity contribution is 7.80. The number of carbonyl (C=O) groups is 2. The van der Waals surface area contributed by atoms with Gasteiger partial charge < -0.3 is 29.7 Å². The standard InChI is InChI=1S/C46H86N2O7S/c1-3-5-7-9-11-13-15-17-19-21-23-25-27-29-31-33-44(51)54-41-43(47-46(56)53-40-37-48(35-38-49)36-39-50)42-55-45(52)34-32-30-28-26-24-22-20-18-16-14-12-10-8-6-4-2/h17-20,43,49-50H,3-16,21-42H2,1-2H3,(H,47,56)/b19-17-,20-18-. The van der Waals surface area contributed by atoms with Gasteiger partial charge >= 0.3 is 11.9 Å². The Kier molecular flexibility index (Phi) is 42.5. The highest BCUT2D eigenvalue weighted by atomic mass is 32.1. The van der Waals surface area contributed by atoms with Gasteiger partial charge in [0.1, 0.15) is 19.8 Å². The normalized spacial score (nSPS) is 11.7. The van der Waals surface area contributed by atoms with Gasteiger partial charge in [0.05, 0.1) is 19.3 Å². The second kappa shape index (κ2) is 44.1. The molecule has 0 atom stereocenters. The van der Waals surface area contributed by atoms with E-state index in [1.165, 1.54) is 116 Å². The van der Waals surface area contributed by atoms with Gasteiger partial charge in [0, 0.05) is 32.5 Å². The molecule has 0 heterocycles. The van der Waals surface area contributed by atoms with Crippen LogP contribution in [0.25, 0.3) is 0 Å². The van der Waals surface area contributed by atoms with Crippen LogP contribution in [-0.4, -0.2) is 90.9 Å². The number of esters is 2. The summed E-state index contributed by atoms with van der Waals surface area (Å²) in [4.78, 5) is 27.0. The number of rotatable bonds is 42. The van der Waals surface area contributed by atoms with E-state index in [9.17, 15) is 19.8 Å². The number of nitrogens with zero attached hydrogens (tertiary/aromatic N) is 1. The lowest BCUT2D eigenvalue weighted by atomic mass is 10.1. The molecule has 0 bridgehead atoms. The molecular formula is C46H86N2O7S. The quantitative estimate of drug-likeness (QED) is 0.0238. The first-order chi connectivity index (χ1) is 27.5. The molecule has 0 spiro atoms. The maximum atomic E-state index is 12.6. The number of thiocarbonyl (C=S) groups is 1. The van der Waals surface area contributed by atoms with Crippen LogP contribution in [0.5, 0.6) is 0 Å². The number of hydrogen-bond donors (Lipinski definition) is 3. The lowest BCUT2D eigenvalue weighted by Gasteiger charge is -2.22. The molecule has 0 aliphatic heterocycles. The first kappa shape index (κ1) is 54.0. The molecule has 0 saturated heterocycles. The third-order valence-corrected chi connectivity index (χ3v) is 10.2. The number of ether oxygens (including phenoxy) is 3. The van der Waals surface area contributed by atoms with E-state index in [1.807, 2.05) is 4.90 Å². The van der Waals surface area contributed by atoms with Crippen molar-refractivity contribution in [1.82, 2.24) is 10.2 Å². The monoisotopic (exact) mass is 811 g/mol. The number of aliphatic hydroxyl groups excluding tert-OH is 2. The summed E-state index contributed by atoms with van der Waals surface area (Å²) in [6, 6.07) is -0.537. The smallest absolute Gasteiger partial charge is 0.305 e. The fraction of sp³-hybridized carbons (Fsp3) is 0.848. The number of unbranched alkanes of at least 4 members (excludes halogenated alkanes) is 22. The van der Waals surface area contributed by atoms with E-state index in [4.69, 9.17) is 26.4 Å². The number of carbonyl (C=O) groups excluding carboxylic acids is 2. The topological polar surface area (TPSA) is 118 Å². The largest absolute Gasteiger partial charge is 0.470 e. The van der Waals surface area contributed by atoms with Gasteiger partial charge in [-0.15, -0.1) is 0 Å². The zero-order valence-electron chi connectivity index (χ0n) is 36.1. The number of nitrogens with one attached hydrogen (secondary N) is 1. The summed E-state index contributed by atoms with van der Waals surface area (Å²) in [5.74, 6) is -0.547. The molecule has 0 aromatic rings.